The van der Waals surface area contributed by atoms with Crippen LogP contribution < -0.4 is 5.32 Å². The van der Waals surface area contributed by atoms with Crippen LogP contribution in [0.4, 0.5) is 0 Å². The van der Waals surface area contributed by atoms with Crippen LogP contribution in [-0.4, -0.2) is 53.4 Å². The number of likely N-dealkylation sites (tertiary alicyclic amines) is 1. The fourth-order valence-electron chi connectivity index (χ4n) is 3.52. The third-order valence-corrected chi connectivity index (χ3v) is 4.81. The highest BCUT2D eigenvalue weighted by Gasteiger charge is 2.25. The number of nitrogens with zero attached hydrogens (tertiary/aromatic N) is 2. The Kier molecular flexibility index (Phi) is 5.10. The quantitative estimate of drug-likeness (QED) is 0.852. The number of rotatable bonds is 5. The number of carbonyl (C=O) groups is 1. The largest absolute Gasteiger partial charge is 0.395 e. The van der Waals surface area contributed by atoms with Crippen molar-refractivity contribution in [1.29, 1.82) is 0 Å². The van der Waals surface area contributed by atoms with Gasteiger partial charge in [0, 0.05) is 24.7 Å². The Hall–Kier alpha value is -1.40. The number of piperidine rings is 1. The maximum absolute atomic E-state index is 12.3. The number of aromatic nitrogens is 1. The topological polar surface area (TPSA) is 78.6 Å². The molecule has 0 saturated carbocycles. The first-order valence-electron chi connectivity index (χ1n) is 8.40. The molecule has 3 rings (SSSR count). The first-order valence-corrected chi connectivity index (χ1v) is 8.40. The van der Waals surface area contributed by atoms with E-state index in [4.69, 9.17) is 4.52 Å². The van der Waals surface area contributed by atoms with Gasteiger partial charge in [-0.3, -0.25) is 9.69 Å². The van der Waals surface area contributed by atoms with E-state index < -0.39 is 0 Å². The molecule has 1 atom stereocenters. The SMILES string of the molecule is O=C(NCCN1CCCCC1CO)c1onc2c1CCCC2. The van der Waals surface area contributed by atoms with E-state index in [2.05, 4.69) is 15.4 Å². The van der Waals surface area contributed by atoms with Crippen LogP contribution >= 0.6 is 0 Å². The highest BCUT2D eigenvalue weighted by molar-refractivity contribution is 5.93. The first kappa shape index (κ1) is 15.5. The van der Waals surface area contributed by atoms with Crippen LogP contribution in [0.5, 0.6) is 0 Å². The van der Waals surface area contributed by atoms with Gasteiger partial charge in [0.1, 0.15) is 0 Å². The van der Waals surface area contributed by atoms with Gasteiger partial charge in [-0.15, -0.1) is 0 Å². The fraction of sp³-hybridized carbons (Fsp3) is 0.750. The molecule has 1 fully saturated rings. The predicted octanol–water partition coefficient (Wildman–Crippen LogP) is 1.13. The summed E-state index contributed by atoms with van der Waals surface area (Å²) in [6.07, 6.45) is 7.41. The highest BCUT2D eigenvalue weighted by atomic mass is 16.5. The Morgan fingerprint density at radius 3 is 3.05 bits per heavy atom. The Morgan fingerprint density at radius 1 is 1.32 bits per heavy atom. The number of carbonyl (C=O) groups excluding carboxylic acids is 1. The Morgan fingerprint density at radius 2 is 2.18 bits per heavy atom. The third-order valence-electron chi connectivity index (χ3n) is 4.81. The van der Waals surface area contributed by atoms with Crippen molar-refractivity contribution in [2.24, 2.45) is 0 Å². The van der Waals surface area contributed by atoms with Gasteiger partial charge in [0.05, 0.1) is 12.3 Å². The van der Waals surface area contributed by atoms with Crippen LogP contribution in [0, 0.1) is 0 Å². The molecule has 0 radical (unpaired) electrons. The zero-order chi connectivity index (χ0) is 15.4. The van der Waals surface area contributed by atoms with Crippen LogP contribution in [0.15, 0.2) is 4.52 Å². The van der Waals surface area contributed by atoms with E-state index in [1.165, 1.54) is 12.8 Å². The van der Waals surface area contributed by atoms with Gasteiger partial charge in [0.2, 0.25) is 5.76 Å². The van der Waals surface area contributed by atoms with E-state index >= 15 is 0 Å². The van der Waals surface area contributed by atoms with Crippen molar-refractivity contribution in [2.45, 2.75) is 51.0 Å². The monoisotopic (exact) mass is 307 g/mol. The molecule has 1 aliphatic heterocycles. The third kappa shape index (κ3) is 3.33. The van der Waals surface area contributed by atoms with Gasteiger partial charge in [-0.1, -0.05) is 11.6 Å². The number of aryl methyl sites for hydroxylation is 1. The van der Waals surface area contributed by atoms with E-state index in [9.17, 15) is 9.90 Å². The number of amides is 1. The van der Waals surface area contributed by atoms with E-state index in [-0.39, 0.29) is 18.6 Å². The van der Waals surface area contributed by atoms with Crippen molar-refractivity contribution in [3.8, 4) is 0 Å². The van der Waals surface area contributed by atoms with Crippen molar-refractivity contribution in [3.63, 3.8) is 0 Å². The van der Waals surface area contributed by atoms with Crippen molar-refractivity contribution in [2.75, 3.05) is 26.2 Å². The van der Waals surface area contributed by atoms with E-state index in [0.717, 1.165) is 56.5 Å². The molecule has 0 spiro atoms. The summed E-state index contributed by atoms with van der Waals surface area (Å²) in [4.78, 5) is 14.5. The lowest BCUT2D eigenvalue weighted by atomic mass is 9.96. The normalized spacial score (nSPS) is 22.3. The number of aliphatic hydroxyl groups excluding tert-OH is 1. The van der Waals surface area contributed by atoms with Gasteiger partial charge in [-0.25, -0.2) is 0 Å². The van der Waals surface area contributed by atoms with Crippen LogP contribution in [0.3, 0.4) is 0 Å². The van der Waals surface area contributed by atoms with Crippen molar-refractivity contribution < 1.29 is 14.4 Å². The zero-order valence-corrected chi connectivity index (χ0v) is 13.0. The fourth-order valence-corrected chi connectivity index (χ4v) is 3.52. The van der Waals surface area contributed by atoms with Gasteiger partial charge in [-0.05, 0) is 45.1 Å². The second-order valence-electron chi connectivity index (χ2n) is 6.27. The number of hydrogen-bond acceptors (Lipinski definition) is 5. The summed E-state index contributed by atoms with van der Waals surface area (Å²) in [7, 11) is 0. The molecule has 0 bridgehead atoms. The minimum atomic E-state index is -0.159. The lowest BCUT2D eigenvalue weighted by molar-refractivity contribution is 0.0830. The molecule has 1 unspecified atom stereocenters. The Labute approximate surface area is 130 Å². The molecule has 6 heteroatoms. The van der Waals surface area contributed by atoms with E-state index in [1.54, 1.807) is 0 Å². The molecule has 2 N–H and O–H groups in total. The van der Waals surface area contributed by atoms with Gasteiger partial charge in [-0.2, -0.15) is 0 Å². The minimum absolute atomic E-state index is 0.159. The van der Waals surface area contributed by atoms with E-state index in [0.29, 0.717) is 12.3 Å². The van der Waals surface area contributed by atoms with Crippen LogP contribution in [-0.2, 0) is 12.8 Å². The first-order chi connectivity index (χ1) is 10.8. The molecule has 0 aromatic carbocycles. The summed E-state index contributed by atoms with van der Waals surface area (Å²) in [5.74, 6) is 0.236. The Balaban J connectivity index is 1.51. The number of aliphatic hydroxyl groups is 1. The molecule has 1 aliphatic carbocycles. The molecule has 2 heterocycles. The van der Waals surface area contributed by atoms with Crippen LogP contribution in [0.25, 0.3) is 0 Å². The minimum Gasteiger partial charge on any atom is -0.395 e. The highest BCUT2D eigenvalue weighted by Crippen LogP contribution is 2.23. The zero-order valence-electron chi connectivity index (χ0n) is 13.0. The number of nitrogens with one attached hydrogen (secondary N) is 1. The molecule has 6 nitrogen and oxygen atoms in total. The second-order valence-corrected chi connectivity index (χ2v) is 6.27. The summed E-state index contributed by atoms with van der Waals surface area (Å²) in [5, 5.41) is 16.4. The molecule has 22 heavy (non-hydrogen) atoms. The van der Waals surface area contributed by atoms with Crippen molar-refractivity contribution in [3.05, 3.63) is 17.0 Å². The van der Waals surface area contributed by atoms with Crippen LogP contribution in [0.2, 0.25) is 0 Å². The summed E-state index contributed by atoms with van der Waals surface area (Å²) in [6.45, 7) is 2.54. The summed E-state index contributed by atoms with van der Waals surface area (Å²) < 4.78 is 5.25. The standard InChI is InChI=1S/C16H25N3O3/c20-11-12-5-3-4-9-19(12)10-8-17-16(21)15-13-6-1-2-7-14(13)18-22-15/h12,20H,1-11H2,(H,17,21). The smallest absolute Gasteiger partial charge is 0.290 e. The average molecular weight is 307 g/mol. The molecule has 1 saturated heterocycles. The molecular weight excluding hydrogens is 282 g/mol. The summed E-state index contributed by atoms with van der Waals surface area (Å²) >= 11 is 0. The number of fused-ring (bicyclic) bond motifs is 1. The molecular formula is C16H25N3O3. The van der Waals surface area contributed by atoms with Gasteiger partial charge < -0.3 is 14.9 Å². The maximum Gasteiger partial charge on any atom is 0.290 e. The van der Waals surface area contributed by atoms with Gasteiger partial charge in [0.25, 0.3) is 5.91 Å². The summed E-state index contributed by atoms with van der Waals surface area (Å²) in [5.41, 5.74) is 1.95. The lowest BCUT2D eigenvalue weighted by Crippen LogP contribution is -2.45. The molecule has 1 aromatic heterocycles. The van der Waals surface area contributed by atoms with E-state index in [1.807, 2.05) is 0 Å². The molecule has 1 aromatic rings. The maximum atomic E-state index is 12.3. The molecule has 1 amide bonds. The van der Waals surface area contributed by atoms with Crippen molar-refractivity contribution >= 4 is 5.91 Å². The van der Waals surface area contributed by atoms with Crippen LogP contribution in [0.1, 0.15) is 53.9 Å². The Bertz CT molecular complexity index is 515. The predicted molar refractivity (Wildman–Crippen MR) is 81.8 cm³/mol. The molecule has 122 valence electrons. The van der Waals surface area contributed by atoms with Crippen molar-refractivity contribution in [1.82, 2.24) is 15.4 Å². The van der Waals surface area contributed by atoms with Gasteiger partial charge in [0.15, 0.2) is 0 Å². The lowest BCUT2D eigenvalue weighted by Gasteiger charge is -2.34. The number of hydrogen-bond donors (Lipinski definition) is 2. The summed E-state index contributed by atoms with van der Waals surface area (Å²) in [6, 6.07) is 0.240. The van der Waals surface area contributed by atoms with Gasteiger partial charge >= 0.3 is 0 Å². The average Bonchev–Trinajstić information content (AvgIpc) is 2.99. The molecule has 2 aliphatic rings. The second kappa shape index (κ2) is 7.24.